The third-order valence-corrected chi connectivity index (χ3v) is 2.60. The molecule has 6 nitrogen and oxygen atoms in total. The molecule has 0 aliphatic heterocycles. The number of hydrogen-bond donors (Lipinski definition) is 1. The Balaban J connectivity index is 2.26. The van der Waals surface area contributed by atoms with E-state index in [1.54, 1.807) is 0 Å². The van der Waals surface area contributed by atoms with E-state index in [9.17, 15) is 18.0 Å². The first-order valence-electron chi connectivity index (χ1n) is 6.16. The highest BCUT2D eigenvalue weighted by atomic mass is 19.4. The van der Waals surface area contributed by atoms with Crippen molar-refractivity contribution in [2.45, 2.75) is 6.36 Å². The molecule has 2 N–H and O–H groups in total. The molecule has 0 saturated heterocycles. The Morgan fingerprint density at radius 3 is 2.52 bits per heavy atom. The first kappa shape index (κ1) is 16.4. The molecule has 1 heterocycles. The van der Waals surface area contributed by atoms with Gasteiger partial charge in [0.15, 0.2) is 11.5 Å². The standard InChI is InChI=1S/C14H11F3N2O4/c1-21-11-7-9(23-14(15,16)17)2-3-10(11)22-12-6-8(13(18)20)4-5-19-12/h2-7H,1H3,(H2,18,20). The Hall–Kier alpha value is -2.97. The molecule has 0 bridgehead atoms. The third kappa shape index (κ3) is 4.50. The number of methoxy groups -OCH3 is 1. The number of nitrogens with two attached hydrogens (primary N) is 1. The Morgan fingerprint density at radius 1 is 1.17 bits per heavy atom. The van der Waals surface area contributed by atoms with Crippen LogP contribution >= 0.6 is 0 Å². The number of halogens is 3. The minimum atomic E-state index is -4.81. The average Bonchev–Trinajstić information content (AvgIpc) is 2.47. The monoisotopic (exact) mass is 328 g/mol. The molecule has 1 aromatic heterocycles. The number of rotatable bonds is 5. The fourth-order valence-electron chi connectivity index (χ4n) is 1.66. The summed E-state index contributed by atoms with van der Waals surface area (Å²) in [5, 5.41) is 0. The van der Waals surface area contributed by atoms with Gasteiger partial charge in [0.25, 0.3) is 0 Å². The van der Waals surface area contributed by atoms with Crippen LogP contribution in [-0.2, 0) is 0 Å². The third-order valence-electron chi connectivity index (χ3n) is 2.60. The van der Waals surface area contributed by atoms with Crippen LogP contribution in [0, 0.1) is 0 Å². The number of alkyl halides is 3. The molecule has 1 amide bonds. The lowest BCUT2D eigenvalue weighted by Gasteiger charge is -2.13. The van der Waals surface area contributed by atoms with Crippen LogP contribution in [0.25, 0.3) is 0 Å². The van der Waals surface area contributed by atoms with Gasteiger partial charge in [-0.25, -0.2) is 4.98 Å². The molecule has 2 aromatic rings. The summed E-state index contributed by atoms with van der Waals surface area (Å²) < 4.78 is 50.7. The predicted molar refractivity (Wildman–Crippen MR) is 72.5 cm³/mol. The van der Waals surface area contributed by atoms with Gasteiger partial charge in [-0.3, -0.25) is 4.79 Å². The van der Waals surface area contributed by atoms with Gasteiger partial charge >= 0.3 is 6.36 Å². The second-order valence-corrected chi connectivity index (χ2v) is 4.21. The van der Waals surface area contributed by atoms with Crippen LogP contribution in [0.1, 0.15) is 10.4 Å². The predicted octanol–water partition coefficient (Wildman–Crippen LogP) is 2.88. The zero-order valence-corrected chi connectivity index (χ0v) is 11.8. The molecule has 9 heteroatoms. The number of hydrogen-bond acceptors (Lipinski definition) is 5. The van der Waals surface area contributed by atoms with Crippen molar-refractivity contribution in [1.29, 1.82) is 0 Å². The van der Waals surface area contributed by atoms with E-state index in [-0.39, 0.29) is 22.9 Å². The lowest BCUT2D eigenvalue weighted by atomic mass is 10.2. The quantitative estimate of drug-likeness (QED) is 0.912. The van der Waals surface area contributed by atoms with Gasteiger partial charge in [0, 0.05) is 23.9 Å². The number of aromatic nitrogens is 1. The van der Waals surface area contributed by atoms with E-state index < -0.39 is 18.0 Å². The normalized spacial score (nSPS) is 11.0. The summed E-state index contributed by atoms with van der Waals surface area (Å²) in [5.41, 5.74) is 5.31. The second-order valence-electron chi connectivity index (χ2n) is 4.21. The van der Waals surface area contributed by atoms with Gasteiger partial charge in [0.05, 0.1) is 7.11 Å². The van der Waals surface area contributed by atoms with E-state index in [0.29, 0.717) is 0 Å². The first-order chi connectivity index (χ1) is 10.8. The number of ether oxygens (including phenoxy) is 3. The zero-order chi connectivity index (χ0) is 17.0. The summed E-state index contributed by atoms with van der Waals surface area (Å²) in [6, 6.07) is 5.98. The number of pyridine rings is 1. The first-order valence-corrected chi connectivity index (χ1v) is 6.16. The maximum Gasteiger partial charge on any atom is 0.573 e. The molecular weight excluding hydrogens is 317 g/mol. The van der Waals surface area contributed by atoms with E-state index in [4.69, 9.17) is 15.2 Å². The SMILES string of the molecule is COc1cc(OC(F)(F)F)ccc1Oc1cc(C(N)=O)ccn1. The summed E-state index contributed by atoms with van der Waals surface area (Å²) in [4.78, 5) is 15.0. The van der Waals surface area contributed by atoms with Gasteiger partial charge in [0.2, 0.25) is 11.8 Å². The number of primary amides is 1. The Morgan fingerprint density at radius 2 is 1.91 bits per heavy atom. The van der Waals surface area contributed by atoms with Gasteiger partial charge in [-0.2, -0.15) is 0 Å². The molecule has 0 atom stereocenters. The van der Waals surface area contributed by atoms with Gasteiger partial charge in [-0.05, 0) is 18.2 Å². The Bertz CT molecular complexity index is 719. The molecule has 0 saturated carbocycles. The topological polar surface area (TPSA) is 83.7 Å². The summed E-state index contributed by atoms with van der Waals surface area (Å²) in [5.74, 6) is -1.00. The van der Waals surface area contributed by atoms with E-state index in [0.717, 1.165) is 12.1 Å². The number of nitrogens with zero attached hydrogens (tertiary/aromatic N) is 1. The van der Waals surface area contributed by atoms with E-state index in [1.165, 1.54) is 31.5 Å². The largest absolute Gasteiger partial charge is 0.573 e. The highest BCUT2D eigenvalue weighted by molar-refractivity contribution is 5.92. The van der Waals surface area contributed by atoms with Crippen molar-refractivity contribution >= 4 is 5.91 Å². The number of amides is 1. The highest BCUT2D eigenvalue weighted by Crippen LogP contribution is 2.35. The Labute approximate surface area is 128 Å². The molecule has 2 rings (SSSR count). The Kier molecular flexibility index (Phi) is 4.58. The van der Waals surface area contributed by atoms with Gasteiger partial charge in [-0.1, -0.05) is 0 Å². The lowest BCUT2D eigenvalue weighted by molar-refractivity contribution is -0.274. The van der Waals surface area contributed by atoms with Crippen LogP contribution in [0.5, 0.6) is 23.1 Å². The van der Waals surface area contributed by atoms with Crippen molar-refractivity contribution in [3.63, 3.8) is 0 Å². The second kappa shape index (κ2) is 6.42. The fourth-order valence-corrected chi connectivity index (χ4v) is 1.66. The van der Waals surface area contributed by atoms with Gasteiger partial charge in [-0.15, -0.1) is 13.2 Å². The molecule has 0 radical (unpaired) electrons. The minimum absolute atomic E-state index is 0.00183. The zero-order valence-electron chi connectivity index (χ0n) is 11.8. The van der Waals surface area contributed by atoms with Crippen molar-refractivity contribution in [1.82, 2.24) is 4.98 Å². The highest BCUT2D eigenvalue weighted by Gasteiger charge is 2.31. The van der Waals surface area contributed by atoms with Crippen LogP contribution < -0.4 is 19.9 Å². The molecule has 23 heavy (non-hydrogen) atoms. The molecule has 0 spiro atoms. The van der Waals surface area contributed by atoms with E-state index >= 15 is 0 Å². The molecule has 122 valence electrons. The molecule has 1 aromatic carbocycles. The van der Waals surface area contributed by atoms with E-state index in [2.05, 4.69) is 9.72 Å². The molecule has 0 fully saturated rings. The number of benzene rings is 1. The maximum absolute atomic E-state index is 12.2. The van der Waals surface area contributed by atoms with Crippen LogP contribution in [0.3, 0.4) is 0 Å². The van der Waals surface area contributed by atoms with Crippen molar-refractivity contribution < 1.29 is 32.2 Å². The molecule has 0 aliphatic rings. The van der Waals surface area contributed by atoms with Crippen molar-refractivity contribution in [3.8, 4) is 23.1 Å². The van der Waals surface area contributed by atoms with Gasteiger partial charge < -0.3 is 19.9 Å². The summed E-state index contributed by atoms with van der Waals surface area (Å²) in [6.07, 6.45) is -3.51. The maximum atomic E-state index is 12.2. The summed E-state index contributed by atoms with van der Waals surface area (Å²) >= 11 is 0. The minimum Gasteiger partial charge on any atom is -0.493 e. The van der Waals surface area contributed by atoms with Crippen LogP contribution in [-0.4, -0.2) is 24.4 Å². The van der Waals surface area contributed by atoms with Crippen LogP contribution in [0.15, 0.2) is 36.5 Å². The van der Waals surface area contributed by atoms with Crippen molar-refractivity contribution in [3.05, 3.63) is 42.1 Å². The van der Waals surface area contributed by atoms with E-state index in [1.807, 2.05) is 0 Å². The molecule has 0 unspecified atom stereocenters. The summed E-state index contributed by atoms with van der Waals surface area (Å²) in [6.45, 7) is 0. The number of carbonyl (C=O) groups excluding carboxylic acids is 1. The van der Waals surface area contributed by atoms with Crippen molar-refractivity contribution in [2.75, 3.05) is 7.11 Å². The lowest BCUT2D eigenvalue weighted by Crippen LogP contribution is -2.17. The van der Waals surface area contributed by atoms with Crippen molar-refractivity contribution in [2.24, 2.45) is 5.73 Å². The van der Waals surface area contributed by atoms with Crippen LogP contribution in [0.4, 0.5) is 13.2 Å². The fraction of sp³-hybridized carbons (Fsp3) is 0.143. The number of carbonyl (C=O) groups is 1. The van der Waals surface area contributed by atoms with Crippen LogP contribution in [0.2, 0.25) is 0 Å². The molecular formula is C14H11F3N2O4. The smallest absolute Gasteiger partial charge is 0.493 e. The molecule has 0 aliphatic carbocycles. The summed E-state index contributed by atoms with van der Waals surface area (Å²) in [7, 11) is 1.26. The average molecular weight is 328 g/mol. The van der Waals surface area contributed by atoms with Gasteiger partial charge in [0.1, 0.15) is 5.75 Å².